The number of nitrogens with zero attached hydrogens (tertiary/aromatic N) is 4. The van der Waals surface area contributed by atoms with E-state index < -0.39 is 0 Å². The maximum Gasteiger partial charge on any atom is 0.0992 e. The molecule has 0 saturated heterocycles. The van der Waals surface area contributed by atoms with Crippen molar-refractivity contribution in [2.24, 2.45) is 0 Å². The summed E-state index contributed by atoms with van der Waals surface area (Å²) in [5.74, 6) is 0. The van der Waals surface area contributed by atoms with Gasteiger partial charge < -0.3 is 9.80 Å². The van der Waals surface area contributed by atoms with Crippen LogP contribution < -0.4 is 9.80 Å². The number of fused-ring (bicyclic) bond motifs is 4. The third-order valence-corrected chi connectivity index (χ3v) is 15.4. The smallest absolute Gasteiger partial charge is 0.0992 e. The van der Waals surface area contributed by atoms with Crippen LogP contribution in [-0.2, 0) is 12.8 Å². The Labute approximate surface area is 347 Å². The zero-order valence-electron chi connectivity index (χ0n) is 37.7. The van der Waals surface area contributed by atoms with Gasteiger partial charge in [0, 0.05) is 30.2 Å². The van der Waals surface area contributed by atoms with Crippen molar-refractivity contribution in [1.82, 2.24) is 4.98 Å². The lowest BCUT2D eigenvalue weighted by Gasteiger charge is -2.42. The minimum atomic E-state index is 0.642. The van der Waals surface area contributed by atoms with Crippen molar-refractivity contribution in [3.05, 3.63) is 153 Å². The Morgan fingerprint density at radius 1 is 0.414 bits per heavy atom. The molecule has 2 aliphatic heterocycles. The van der Waals surface area contributed by atoms with Gasteiger partial charge in [0.2, 0.25) is 0 Å². The summed E-state index contributed by atoms with van der Waals surface area (Å²) in [7, 11) is 0. The minimum absolute atomic E-state index is 0.642. The molecular formula is C54H58N4. The number of rotatable bonds is 3. The lowest BCUT2D eigenvalue weighted by Crippen LogP contribution is -2.26. The highest BCUT2D eigenvalue weighted by Gasteiger charge is 2.37. The van der Waals surface area contributed by atoms with Crippen LogP contribution in [0.4, 0.5) is 34.1 Å². The third-order valence-electron chi connectivity index (χ3n) is 15.4. The number of pyridine rings is 1. The molecule has 0 spiro atoms. The Kier molecular flexibility index (Phi) is 9.28. The molecule has 0 bridgehead atoms. The van der Waals surface area contributed by atoms with Crippen LogP contribution in [0.2, 0.25) is 0 Å². The van der Waals surface area contributed by atoms with Crippen LogP contribution in [0.25, 0.3) is 11.1 Å². The van der Waals surface area contributed by atoms with Gasteiger partial charge in [-0.15, -0.1) is 0 Å². The lowest BCUT2D eigenvalue weighted by atomic mass is 9.80. The summed E-state index contributed by atoms with van der Waals surface area (Å²) in [6.07, 6.45) is 5.80. The van der Waals surface area contributed by atoms with Crippen molar-refractivity contribution in [3.8, 4) is 17.2 Å². The van der Waals surface area contributed by atoms with Gasteiger partial charge in [-0.1, -0.05) is 6.07 Å². The molecule has 0 atom stereocenters. The van der Waals surface area contributed by atoms with E-state index in [1.807, 2.05) is 12.3 Å². The summed E-state index contributed by atoms with van der Waals surface area (Å²) in [5, 5.41) is 10.6. The Hall–Kier alpha value is -5.66. The van der Waals surface area contributed by atoms with Crippen LogP contribution in [0, 0.1) is 122 Å². The van der Waals surface area contributed by atoms with Crippen molar-refractivity contribution < 1.29 is 0 Å². The molecule has 4 nitrogen and oxygen atoms in total. The standard InChI is InChI=1S/C54H58N4/c1-26-30(5)38(13)51-45(34(26)9)22-46-35(10)27(2)31(6)39(14)52(46)57(51)49-21-42(24-55)17-18-43(49)44-19-20-56-25-50(44)58-53-40(15)32(7)28(3)36(11)47(53)23-48-37(12)29(4)33(8)41(16)54(48)58/h17-21,25H,22-23H2,1-16H3. The highest BCUT2D eigenvalue weighted by molar-refractivity contribution is 6.01. The molecule has 1 aromatic heterocycles. The van der Waals surface area contributed by atoms with Crippen molar-refractivity contribution in [2.75, 3.05) is 9.80 Å². The topological polar surface area (TPSA) is 43.2 Å². The average molecular weight is 763 g/mol. The predicted octanol–water partition coefficient (Wildman–Crippen LogP) is 14.3. The second-order valence-corrected chi connectivity index (χ2v) is 17.6. The molecule has 6 aromatic rings. The molecule has 0 N–H and O–H groups in total. The SMILES string of the molecule is Cc1c(C)c(C)c2c(c1C)Cc1c(C)c(C)c(C)c(C)c1N2c1cnccc1-c1ccc(C#N)cc1N1c2c(C)c(C)c(C)c(C)c2Cc2c(C)c(C)c(C)c(C)c21. The van der Waals surface area contributed by atoms with Crippen molar-refractivity contribution in [3.63, 3.8) is 0 Å². The molecule has 4 heteroatoms. The molecule has 58 heavy (non-hydrogen) atoms. The number of hydrogen-bond acceptors (Lipinski definition) is 4. The first-order valence-corrected chi connectivity index (χ1v) is 20.9. The lowest BCUT2D eigenvalue weighted by molar-refractivity contribution is 0.992. The Balaban J connectivity index is 1.52. The summed E-state index contributed by atoms with van der Waals surface area (Å²) < 4.78 is 0. The molecule has 3 heterocycles. The first kappa shape index (κ1) is 39.2. The van der Waals surface area contributed by atoms with Crippen LogP contribution in [0.15, 0.2) is 36.7 Å². The Morgan fingerprint density at radius 2 is 0.741 bits per heavy atom. The molecule has 0 unspecified atom stereocenters. The fourth-order valence-corrected chi connectivity index (χ4v) is 10.4. The molecule has 5 aromatic carbocycles. The summed E-state index contributed by atoms with van der Waals surface area (Å²) in [4.78, 5) is 10.0. The zero-order valence-corrected chi connectivity index (χ0v) is 37.7. The number of benzene rings is 5. The highest BCUT2D eigenvalue weighted by atomic mass is 15.2. The summed E-state index contributed by atoms with van der Waals surface area (Å²) >= 11 is 0. The second kappa shape index (κ2) is 13.7. The summed E-state index contributed by atoms with van der Waals surface area (Å²) in [6, 6.07) is 11.1. The van der Waals surface area contributed by atoms with Gasteiger partial charge in [-0.3, -0.25) is 4.98 Å². The van der Waals surface area contributed by atoms with Crippen molar-refractivity contribution in [1.29, 1.82) is 5.26 Å². The maximum absolute atomic E-state index is 10.6. The number of hydrogen-bond donors (Lipinski definition) is 0. The molecule has 0 aliphatic carbocycles. The van der Waals surface area contributed by atoms with E-state index in [9.17, 15) is 5.26 Å². The number of nitriles is 1. The van der Waals surface area contributed by atoms with Gasteiger partial charge in [-0.2, -0.15) is 5.26 Å². The van der Waals surface area contributed by atoms with Crippen molar-refractivity contribution >= 4 is 34.1 Å². The van der Waals surface area contributed by atoms with Crippen LogP contribution in [-0.4, -0.2) is 4.98 Å². The minimum Gasteiger partial charge on any atom is -0.309 e. The van der Waals surface area contributed by atoms with E-state index in [0.717, 1.165) is 35.3 Å². The first-order valence-electron chi connectivity index (χ1n) is 20.9. The largest absolute Gasteiger partial charge is 0.309 e. The van der Waals surface area contributed by atoms with Crippen LogP contribution in [0.1, 0.15) is 117 Å². The van der Waals surface area contributed by atoms with Gasteiger partial charge in [0.1, 0.15) is 0 Å². The van der Waals surface area contributed by atoms with Gasteiger partial charge in [0.15, 0.2) is 0 Å². The van der Waals surface area contributed by atoms with E-state index in [4.69, 9.17) is 4.98 Å². The number of aromatic nitrogens is 1. The molecule has 8 rings (SSSR count). The van der Waals surface area contributed by atoms with E-state index in [0.29, 0.717) is 5.56 Å². The Morgan fingerprint density at radius 3 is 1.10 bits per heavy atom. The molecule has 2 aliphatic rings. The van der Waals surface area contributed by atoms with Crippen LogP contribution in [0.3, 0.4) is 0 Å². The fourth-order valence-electron chi connectivity index (χ4n) is 10.4. The highest BCUT2D eigenvalue weighted by Crippen LogP contribution is 2.57. The molecule has 0 amide bonds. The van der Waals surface area contributed by atoms with E-state index >= 15 is 0 Å². The van der Waals surface area contributed by atoms with Crippen molar-refractivity contribution in [2.45, 2.75) is 124 Å². The Bertz CT molecular complexity index is 2720. The van der Waals surface area contributed by atoms with Crippen LogP contribution in [0.5, 0.6) is 0 Å². The molecule has 0 fully saturated rings. The molecular weight excluding hydrogens is 705 g/mol. The van der Waals surface area contributed by atoms with Gasteiger partial charge in [-0.25, -0.2) is 0 Å². The maximum atomic E-state index is 10.6. The first-order chi connectivity index (χ1) is 27.4. The van der Waals surface area contributed by atoms with Gasteiger partial charge in [0.05, 0.1) is 52.0 Å². The third kappa shape index (κ3) is 5.28. The fraction of sp³-hybridized carbons (Fsp3) is 0.333. The quantitative estimate of drug-likeness (QED) is 0.180. The average Bonchev–Trinajstić information content (AvgIpc) is 3.23. The normalized spacial score (nSPS) is 12.9. The van der Waals surface area contributed by atoms with E-state index in [1.165, 1.54) is 134 Å². The van der Waals surface area contributed by atoms with E-state index in [1.54, 1.807) is 0 Å². The van der Waals surface area contributed by atoms with Gasteiger partial charge in [0.25, 0.3) is 0 Å². The van der Waals surface area contributed by atoms with E-state index in [2.05, 4.69) is 151 Å². The van der Waals surface area contributed by atoms with Gasteiger partial charge in [-0.05, 0) is 240 Å². The number of anilines is 6. The molecule has 294 valence electrons. The molecule has 0 radical (unpaired) electrons. The monoisotopic (exact) mass is 762 g/mol. The summed E-state index contributed by atoms with van der Waals surface area (Å²) in [5.41, 5.74) is 36.8. The summed E-state index contributed by atoms with van der Waals surface area (Å²) in [6.45, 7) is 36.6. The van der Waals surface area contributed by atoms with Crippen LogP contribution >= 0.6 is 0 Å². The van der Waals surface area contributed by atoms with Gasteiger partial charge >= 0.3 is 0 Å². The van der Waals surface area contributed by atoms with E-state index in [-0.39, 0.29) is 0 Å². The zero-order chi connectivity index (χ0) is 42.0. The predicted molar refractivity (Wildman–Crippen MR) is 245 cm³/mol. The molecule has 0 saturated carbocycles. The second-order valence-electron chi connectivity index (χ2n) is 17.6.